The van der Waals surface area contributed by atoms with E-state index in [1.54, 1.807) is 11.8 Å². The number of rotatable bonds is 4. The summed E-state index contributed by atoms with van der Waals surface area (Å²) in [6, 6.07) is 7.99. The molecule has 0 unspecified atom stereocenters. The topological polar surface area (TPSA) is 44.9 Å². The first-order valence-electron chi connectivity index (χ1n) is 6.75. The van der Waals surface area contributed by atoms with E-state index in [0.29, 0.717) is 5.96 Å². The van der Waals surface area contributed by atoms with Gasteiger partial charge in [0, 0.05) is 42.6 Å². The van der Waals surface area contributed by atoms with Gasteiger partial charge < -0.3 is 15.5 Å². The SMILES string of the molecule is CSCCN=C(N)N1CCN(c2ccc(Cl)cc2)CC1.I. The van der Waals surface area contributed by atoms with Crippen molar-refractivity contribution >= 4 is 59.0 Å². The number of nitrogens with two attached hydrogens (primary N) is 1. The van der Waals surface area contributed by atoms with E-state index in [4.69, 9.17) is 17.3 Å². The zero-order valence-corrected chi connectivity index (χ0v) is 16.1. The summed E-state index contributed by atoms with van der Waals surface area (Å²) in [5.74, 6) is 1.70. The number of anilines is 1. The number of halogens is 2. The van der Waals surface area contributed by atoms with Gasteiger partial charge in [0.1, 0.15) is 0 Å². The molecule has 0 spiro atoms. The first-order valence-corrected chi connectivity index (χ1v) is 8.52. The number of benzene rings is 1. The van der Waals surface area contributed by atoms with Gasteiger partial charge in [0.25, 0.3) is 0 Å². The van der Waals surface area contributed by atoms with Gasteiger partial charge in [0.05, 0.1) is 6.54 Å². The van der Waals surface area contributed by atoms with Crippen LogP contribution in [0.4, 0.5) is 5.69 Å². The first kappa shape index (κ1) is 18.7. The third-order valence-corrected chi connectivity index (χ3v) is 4.21. The van der Waals surface area contributed by atoms with E-state index in [1.807, 2.05) is 12.1 Å². The van der Waals surface area contributed by atoms with E-state index in [-0.39, 0.29) is 24.0 Å². The highest BCUT2D eigenvalue weighted by Crippen LogP contribution is 2.19. The Labute approximate surface area is 153 Å². The fourth-order valence-electron chi connectivity index (χ4n) is 2.20. The van der Waals surface area contributed by atoms with Gasteiger partial charge in [-0.3, -0.25) is 4.99 Å². The summed E-state index contributed by atoms with van der Waals surface area (Å²) in [4.78, 5) is 8.92. The van der Waals surface area contributed by atoms with Crippen molar-refractivity contribution in [1.29, 1.82) is 0 Å². The van der Waals surface area contributed by atoms with Crippen LogP contribution in [-0.4, -0.2) is 55.6 Å². The van der Waals surface area contributed by atoms with Crippen molar-refractivity contribution in [2.24, 2.45) is 10.7 Å². The average molecular weight is 441 g/mol. The third-order valence-electron chi connectivity index (χ3n) is 3.36. The Morgan fingerprint density at radius 2 is 1.86 bits per heavy atom. The van der Waals surface area contributed by atoms with E-state index < -0.39 is 0 Å². The van der Waals surface area contributed by atoms with Gasteiger partial charge in [-0.1, -0.05) is 11.6 Å². The molecule has 0 aromatic heterocycles. The Kier molecular flexibility index (Phi) is 8.58. The highest BCUT2D eigenvalue weighted by Gasteiger charge is 2.18. The van der Waals surface area contributed by atoms with Crippen LogP contribution in [0.25, 0.3) is 0 Å². The van der Waals surface area contributed by atoms with Gasteiger partial charge in [-0.15, -0.1) is 24.0 Å². The molecule has 1 aromatic rings. The van der Waals surface area contributed by atoms with E-state index in [9.17, 15) is 0 Å². The summed E-state index contributed by atoms with van der Waals surface area (Å²) >= 11 is 7.70. The Morgan fingerprint density at radius 1 is 1.24 bits per heavy atom. The molecule has 2 rings (SSSR count). The minimum Gasteiger partial charge on any atom is -0.370 e. The number of thioether (sulfide) groups is 1. The number of hydrogen-bond acceptors (Lipinski definition) is 3. The summed E-state index contributed by atoms with van der Waals surface area (Å²) < 4.78 is 0. The maximum Gasteiger partial charge on any atom is 0.191 e. The Hall–Kier alpha value is -0.340. The Bertz CT molecular complexity index is 447. The van der Waals surface area contributed by atoms with E-state index >= 15 is 0 Å². The molecule has 1 aliphatic heterocycles. The van der Waals surface area contributed by atoms with Crippen LogP contribution < -0.4 is 10.6 Å². The number of aliphatic imine (C=N–C) groups is 1. The molecule has 0 atom stereocenters. The molecule has 0 saturated carbocycles. The highest BCUT2D eigenvalue weighted by atomic mass is 127. The predicted octanol–water partition coefficient (Wildman–Crippen LogP) is 2.76. The minimum atomic E-state index is 0. The minimum absolute atomic E-state index is 0. The second-order valence-corrected chi connectivity index (χ2v) is 6.11. The van der Waals surface area contributed by atoms with Gasteiger partial charge >= 0.3 is 0 Å². The van der Waals surface area contributed by atoms with Crippen molar-refractivity contribution in [1.82, 2.24) is 4.90 Å². The summed E-state index contributed by atoms with van der Waals surface area (Å²) in [6.07, 6.45) is 2.08. The van der Waals surface area contributed by atoms with Crippen molar-refractivity contribution in [3.63, 3.8) is 0 Å². The Balaban J connectivity index is 0.00000220. The van der Waals surface area contributed by atoms with Crippen molar-refractivity contribution in [3.05, 3.63) is 29.3 Å². The summed E-state index contributed by atoms with van der Waals surface area (Å²) in [5.41, 5.74) is 7.24. The highest BCUT2D eigenvalue weighted by molar-refractivity contribution is 14.0. The summed E-state index contributed by atoms with van der Waals surface area (Å²) in [5, 5.41) is 0.776. The molecule has 0 bridgehead atoms. The number of hydrogen-bond donors (Lipinski definition) is 1. The van der Waals surface area contributed by atoms with E-state index in [0.717, 1.165) is 43.5 Å². The van der Waals surface area contributed by atoms with E-state index in [2.05, 4.69) is 33.2 Å². The van der Waals surface area contributed by atoms with Gasteiger partial charge in [0.2, 0.25) is 0 Å². The molecule has 0 radical (unpaired) electrons. The van der Waals surface area contributed by atoms with Gasteiger partial charge in [0.15, 0.2) is 5.96 Å². The molecule has 1 saturated heterocycles. The van der Waals surface area contributed by atoms with Crippen molar-refractivity contribution < 1.29 is 0 Å². The van der Waals surface area contributed by atoms with Crippen LogP contribution in [-0.2, 0) is 0 Å². The van der Waals surface area contributed by atoms with Crippen molar-refractivity contribution in [2.75, 3.05) is 49.6 Å². The lowest BCUT2D eigenvalue weighted by Crippen LogP contribution is -2.51. The first-order chi connectivity index (χ1) is 9.70. The average Bonchev–Trinajstić information content (AvgIpc) is 2.48. The molecule has 118 valence electrons. The predicted molar refractivity (Wildman–Crippen MR) is 106 cm³/mol. The number of guanidine groups is 1. The second-order valence-electron chi connectivity index (χ2n) is 4.68. The molecule has 0 amide bonds. The molecule has 7 heteroatoms. The van der Waals surface area contributed by atoms with Gasteiger partial charge in [-0.05, 0) is 30.5 Å². The molecular formula is C14H22ClIN4S. The van der Waals surface area contributed by atoms with Crippen LogP contribution in [0.3, 0.4) is 0 Å². The molecule has 1 fully saturated rings. The Morgan fingerprint density at radius 3 is 2.43 bits per heavy atom. The smallest absolute Gasteiger partial charge is 0.191 e. The maximum atomic E-state index is 6.02. The standard InChI is InChI=1S/C14H21ClN4S.HI/c1-20-11-6-17-14(16)19-9-7-18(8-10-19)13-4-2-12(15)3-5-13;/h2-5H,6-11H2,1H3,(H2,16,17);1H. The lowest BCUT2D eigenvalue weighted by Gasteiger charge is -2.36. The van der Waals surface area contributed by atoms with Gasteiger partial charge in [-0.25, -0.2) is 0 Å². The molecule has 1 aromatic carbocycles. The maximum absolute atomic E-state index is 6.02. The largest absolute Gasteiger partial charge is 0.370 e. The van der Waals surface area contributed by atoms with Crippen LogP contribution in [0.2, 0.25) is 5.02 Å². The molecule has 4 nitrogen and oxygen atoms in total. The van der Waals surface area contributed by atoms with Crippen LogP contribution in [0.15, 0.2) is 29.3 Å². The van der Waals surface area contributed by atoms with Crippen LogP contribution in [0.1, 0.15) is 0 Å². The third kappa shape index (κ3) is 5.75. The lowest BCUT2D eigenvalue weighted by atomic mass is 10.2. The van der Waals surface area contributed by atoms with Gasteiger partial charge in [-0.2, -0.15) is 11.8 Å². The summed E-state index contributed by atoms with van der Waals surface area (Å²) in [7, 11) is 0. The van der Waals surface area contributed by atoms with Crippen LogP contribution >= 0.6 is 47.3 Å². The molecule has 1 aliphatic rings. The van der Waals surface area contributed by atoms with Crippen molar-refractivity contribution in [3.8, 4) is 0 Å². The molecule has 0 aliphatic carbocycles. The molecular weight excluding hydrogens is 419 g/mol. The quantitative estimate of drug-likeness (QED) is 0.338. The second kappa shape index (κ2) is 9.63. The zero-order chi connectivity index (χ0) is 14.4. The molecule has 1 heterocycles. The van der Waals surface area contributed by atoms with Crippen molar-refractivity contribution in [2.45, 2.75) is 0 Å². The monoisotopic (exact) mass is 440 g/mol. The van der Waals surface area contributed by atoms with Crippen LogP contribution in [0.5, 0.6) is 0 Å². The number of nitrogens with zero attached hydrogens (tertiary/aromatic N) is 3. The molecule has 2 N–H and O–H groups in total. The fourth-order valence-corrected chi connectivity index (χ4v) is 2.60. The lowest BCUT2D eigenvalue weighted by molar-refractivity contribution is 0.381. The molecule has 21 heavy (non-hydrogen) atoms. The normalized spacial score (nSPS) is 15.8. The summed E-state index contributed by atoms with van der Waals surface area (Å²) in [6.45, 7) is 4.54. The van der Waals surface area contributed by atoms with Crippen LogP contribution in [0, 0.1) is 0 Å². The fraction of sp³-hybridized carbons (Fsp3) is 0.500. The zero-order valence-electron chi connectivity index (χ0n) is 12.2. The number of piperazine rings is 1. The van der Waals surface area contributed by atoms with E-state index in [1.165, 1.54) is 5.69 Å².